The van der Waals surface area contributed by atoms with Gasteiger partial charge in [-0.1, -0.05) is 32.4 Å². The number of ether oxygens (including phenoxy) is 1. The lowest BCUT2D eigenvalue weighted by Crippen LogP contribution is -2.08. The maximum absolute atomic E-state index is 5.87. The zero-order valence-electron chi connectivity index (χ0n) is 11.0. The highest BCUT2D eigenvalue weighted by atomic mass is 16.5. The molecule has 0 spiro atoms. The molecule has 1 heterocycles. The van der Waals surface area contributed by atoms with Gasteiger partial charge in [-0.2, -0.15) is 0 Å². The van der Waals surface area contributed by atoms with E-state index in [2.05, 4.69) is 18.8 Å². The second kappa shape index (κ2) is 5.71. The van der Waals surface area contributed by atoms with Gasteiger partial charge in [-0.05, 0) is 30.5 Å². The summed E-state index contributed by atoms with van der Waals surface area (Å²) >= 11 is 0. The molecule has 0 bridgehead atoms. The minimum Gasteiger partial charge on any atom is -0.491 e. The Kier molecular flexibility index (Phi) is 4.03. The number of fused-ring (bicyclic) bond motifs is 1. The summed E-state index contributed by atoms with van der Waals surface area (Å²) in [7, 11) is 0. The largest absolute Gasteiger partial charge is 0.491 e. The average molecular weight is 244 g/mol. The molecule has 0 saturated heterocycles. The van der Waals surface area contributed by atoms with Crippen LogP contribution in [-0.4, -0.2) is 11.6 Å². The van der Waals surface area contributed by atoms with Gasteiger partial charge in [-0.3, -0.25) is 0 Å². The Balaban J connectivity index is 2.19. The third kappa shape index (κ3) is 2.92. The lowest BCUT2D eigenvalue weighted by atomic mass is 10.1. The van der Waals surface area contributed by atoms with Gasteiger partial charge in [-0.15, -0.1) is 0 Å². The molecule has 96 valence electrons. The number of hydrogen-bond acceptors (Lipinski definition) is 3. The quantitative estimate of drug-likeness (QED) is 0.873. The van der Waals surface area contributed by atoms with Crippen LogP contribution in [0.25, 0.3) is 10.9 Å². The molecule has 3 nitrogen and oxygen atoms in total. The maximum atomic E-state index is 5.87. The number of para-hydroxylation sites is 1. The van der Waals surface area contributed by atoms with E-state index in [0.29, 0.717) is 11.7 Å². The second-order valence-electron chi connectivity index (χ2n) is 4.77. The number of nitrogens with zero attached hydrogens (tertiary/aromatic N) is 1. The summed E-state index contributed by atoms with van der Waals surface area (Å²) in [5.74, 6) is 1.91. The molecule has 0 aliphatic rings. The van der Waals surface area contributed by atoms with Crippen molar-refractivity contribution in [3.05, 3.63) is 30.3 Å². The van der Waals surface area contributed by atoms with E-state index in [-0.39, 0.29) is 0 Å². The summed E-state index contributed by atoms with van der Waals surface area (Å²) in [6.07, 6.45) is 2.37. The molecular weight excluding hydrogens is 224 g/mol. The van der Waals surface area contributed by atoms with Crippen LogP contribution in [-0.2, 0) is 0 Å². The number of rotatable bonds is 5. The summed E-state index contributed by atoms with van der Waals surface area (Å²) in [6, 6.07) is 9.74. The van der Waals surface area contributed by atoms with E-state index in [9.17, 15) is 0 Å². The maximum Gasteiger partial charge on any atom is 0.145 e. The predicted octanol–water partition coefficient (Wildman–Crippen LogP) is 3.63. The summed E-state index contributed by atoms with van der Waals surface area (Å²) in [4.78, 5) is 4.35. The third-order valence-electron chi connectivity index (χ3n) is 3.01. The Morgan fingerprint density at radius 1 is 1.28 bits per heavy atom. The highest BCUT2D eigenvalue weighted by Gasteiger charge is 2.06. The highest BCUT2D eigenvalue weighted by Crippen LogP contribution is 2.25. The minimum atomic E-state index is 0.528. The van der Waals surface area contributed by atoms with Crippen LogP contribution in [0.15, 0.2) is 30.3 Å². The van der Waals surface area contributed by atoms with E-state index in [1.54, 1.807) is 0 Å². The molecule has 0 saturated carbocycles. The molecule has 1 atom stereocenters. The SMILES string of the molecule is CCCC(C)COc1cccc2ccc(N)nc12. The number of hydrogen-bond donors (Lipinski definition) is 1. The van der Waals surface area contributed by atoms with E-state index >= 15 is 0 Å². The third-order valence-corrected chi connectivity index (χ3v) is 3.01. The average Bonchev–Trinajstić information content (AvgIpc) is 2.36. The Hall–Kier alpha value is -1.77. The first kappa shape index (κ1) is 12.7. The first-order chi connectivity index (χ1) is 8.70. The first-order valence-corrected chi connectivity index (χ1v) is 6.48. The summed E-state index contributed by atoms with van der Waals surface area (Å²) in [5, 5.41) is 1.06. The van der Waals surface area contributed by atoms with Gasteiger partial charge in [0.2, 0.25) is 0 Å². The molecule has 3 heteroatoms. The van der Waals surface area contributed by atoms with Crippen molar-refractivity contribution < 1.29 is 4.74 Å². The number of nitrogens with two attached hydrogens (primary N) is 1. The van der Waals surface area contributed by atoms with E-state index in [1.807, 2.05) is 30.3 Å². The highest BCUT2D eigenvalue weighted by molar-refractivity contribution is 5.85. The van der Waals surface area contributed by atoms with Crippen molar-refractivity contribution in [2.24, 2.45) is 5.92 Å². The lowest BCUT2D eigenvalue weighted by molar-refractivity contribution is 0.254. The van der Waals surface area contributed by atoms with Crippen molar-refractivity contribution in [1.82, 2.24) is 4.98 Å². The fourth-order valence-corrected chi connectivity index (χ4v) is 2.06. The van der Waals surface area contributed by atoms with Crippen molar-refractivity contribution in [3.63, 3.8) is 0 Å². The number of pyridine rings is 1. The van der Waals surface area contributed by atoms with Crippen LogP contribution >= 0.6 is 0 Å². The van der Waals surface area contributed by atoms with Gasteiger partial charge in [0.1, 0.15) is 17.1 Å². The van der Waals surface area contributed by atoms with E-state index in [4.69, 9.17) is 10.5 Å². The van der Waals surface area contributed by atoms with Crippen LogP contribution in [0.1, 0.15) is 26.7 Å². The molecule has 0 amide bonds. The number of nitrogen functional groups attached to an aromatic ring is 1. The molecule has 2 rings (SSSR count). The van der Waals surface area contributed by atoms with E-state index in [1.165, 1.54) is 12.8 Å². The van der Waals surface area contributed by atoms with Crippen molar-refractivity contribution in [1.29, 1.82) is 0 Å². The zero-order chi connectivity index (χ0) is 13.0. The van der Waals surface area contributed by atoms with Gasteiger partial charge >= 0.3 is 0 Å². The molecule has 0 aliphatic carbocycles. The van der Waals surface area contributed by atoms with Crippen LogP contribution in [0, 0.1) is 5.92 Å². The first-order valence-electron chi connectivity index (χ1n) is 6.48. The Labute approximate surface area is 108 Å². The summed E-state index contributed by atoms with van der Waals surface area (Å²) < 4.78 is 5.87. The molecular formula is C15H20N2O. The molecule has 1 unspecified atom stereocenters. The fourth-order valence-electron chi connectivity index (χ4n) is 2.06. The Morgan fingerprint density at radius 2 is 2.11 bits per heavy atom. The topological polar surface area (TPSA) is 48.1 Å². The lowest BCUT2D eigenvalue weighted by Gasteiger charge is -2.13. The predicted molar refractivity (Wildman–Crippen MR) is 75.7 cm³/mol. The fraction of sp³-hybridized carbons (Fsp3) is 0.400. The van der Waals surface area contributed by atoms with Crippen LogP contribution in [0.3, 0.4) is 0 Å². The molecule has 0 radical (unpaired) electrons. The van der Waals surface area contributed by atoms with E-state index in [0.717, 1.165) is 23.3 Å². The zero-order valence-corrected chi connectivity index (χ0v) is 11.0. The van der Waals surface area contributed by atoms with Crippen molar-refractivity contribution in [2.75, 3.05) is 12.3 Å². The van der Waals surface area contributed by atoms with Crippen LogP contribution < -0.4 is 10.5 Å². The molecule has 18 heavy (non-hydrogen) atoms. The standard InChI is InChI=1S/C15H20N2O/c1-3-5-11(2)10-18-13-7-4-6-12-8-9-14(16)17-15(12)13/h4,6-9,11H,3,5,10H2,1-2H3,(H2,16,17). The monoisotopic (exact) mass is 244 g/mol. The molecule has 2 N–H and O–H groups in total. The second-order valence-corrected chi connectivity index (χ2v) is 4.77. The van der Waals surface area contributed by atoms with Crippen molar-refractivity contribution in [2.45, 2.75) is 26.7 Å². The van der Waals surface area contributed by atoms with E-state index < -0.39 is 0 Å². The smallest absolute Gasteiger partial charge is 0.145 e. The van der Waals surface area contributed by atoms with Crippen molar-refractivity contribution in [3.8, 4) is 5.75 Å². The van der Waals surface area contributed by atoms with Crippen LogP contribution in [0.5, 0.6) is 5.75 Å². The van der Waals surface area contributed by atoms with Crippen LogP contribution in [0.4, 0.5) is 5.82 Å². The minimum absolute atomic E-state index is 0.528. The molecule has 2 aromatic rings. The van der Waals surface area contributed by atoms with Crippen molar-refractivity contribution >= 4 is 16.7 Å². The van der Waals surface area contributed by atoms with Gasteiger partial charge in [0, 0.05) is 5.39 Å². The number of anilines is 1. The molecule has 1 aromatic carbocycles. The van der Waals surface area contributed by atoms with Gasteiger partial charge in [0.15, 0.2) is 0 Å². The molecule has 0 aliphatic heterocycles. The van der Waals surface area contributed by atoms with Gasteiger partial charge < -0.3 is 10.5 Å². The van der Waals surface area contributed by atoms with Gasteiger partial charge in [0.25, 0.3) is 0 Å². The number of aromatic nitrogens is 1. The van der Waals surface area contributed by atoms with Crippen LogP contribution in [0.2, 0.25) is 0 Å². The van der Waals surface area contributed by atoms with Gasteiger partial charge in [0.05, 0.1) is 6.61 Å². The number of benzene rings is 1. The van der Waals surface area contributed by atoms with Gasteiger partial charge in [-0.25, -0.2) is 4.98 Å². The normalized spacial score (nSPS) is 12.6. The Morgan fingerprint density at radius 3 is 2.89 bits per heavy atom. The Bertz CT molecular complexity index is 525. The molecule has 1 aromatic heterocycles. The summed E-state index contributed by atoms with van der Waals surface area (Å²) in [5.41, 5.74) is 6.58. The summed E-state index contributed by atoms with van der Waals surface area (Å²) in [6.45, 7) is 5.12. The molecule has 0 fully saturated rings.